The largest absolute Gasteiger partial charge is 0.0843 e. The predicted octanol–water partition coefficient (Wildman–Crippen LogP) is 6.88. The molecule has 2 aliphatic carbocycles. The number of allylic oxidation sites excluding steroid dienone is 2. The topological polar surface area (TPSA) is 0 Å². The molecule has 1 aromatic carbocycles. The molecule has 0 atom stereocenters. The fourth-order valence-corrected chi connectivity index (χ4v) is 4.48. The summed E-state index contributed by atoms with van der Waals surface area (Å²) in [5.41, 5.74) is 5.57. The number of benzene rings is 1. The molecule has 3 rings (SSSR count). The van der Waals surface area contributed by atoms with Crippen molar-refractivity contribution in [2.45, 2.75) is 65.7 Å². The van der Waals surface area contributed by atoms with Crippen molar-refractivity contribution in [2.24, 2.45) is 10.8 Å². The van der Waals surface area contributed by atoms with E-state index in [2.05, 4.69) is 32.9 Å². The van der Waals surface area contributed by atoms with E-state index in [-0.39, 0.29) is 5.41 Å². The van der Waals surface area contributed by atoms with Gasteiger partial charge in [0.2, 0.25) is 0 Å². The molecule has 1 aromatic rings. The summed E-state index contributed by atoms with van der Waals surface area (Å²) in [6, 6.07) is 8.47. The van der Waals surface area contributed by atoms with Gasteiger partial charge < -0.3 is 0 Å². The van der Waals surface area contributed by atoms with E-state index < -0.39 is 0 Å². The highest BCUT2D eigenvalue weighted by molar-refractivity contribution is 6.30. The molecular weight excluding hydrogens is 276 g/mol. The first-order chi connectivity index (χ1) is 9.90. The van der Waals surface area contributed by atoms with Gasteiger partial charge in [-0.25, -0.2) is 0 Å². The van der Waals surface area contributed by atoms with Gasteiger partial charge in [0.15, 0.2) is 0 Å². The lowest BCUT2D eigenvalue weighted by Crippen LogP contribution is -2.27. The van der Waals surface area contributed by atoms with Crippen LogP contribution in [0.4, 0.5) is 0 Å². The molecule has 1 spiro atoms. The molecule has 114 valence electrons. The maximum absolute atomic E-state index is 6.06. The van der Waals surface area contributed by atoms with Crippen molar-refractivity contribution in [1.82, 2.24) is 0 Å². The van der Waals surface area contributed by atoms with Crippen LogP contribution in [0, 0.1) is 10.8 Å². The van der Waals surface area contributed by atoms with Crippen LogP contribution >= 0.6 is 11.6 Å². The van der Waals surface area contributed by atoms with E-state index in [0.717, 1.165) is 5.02 Å². The molecule has 0 saturated heterocycles. The van der Waals surface area contributed by atoms with Crippen molar-refractivity contribution in [2.75, 3.05) is 0 Å². The molecule has 1 heteroatoms. The van der Waals surface area contributed by atoms with Crippen molar-refractivity contribution >= 4 is 17.2 Å². The summed E-state index contributed by atoms with van der Waals surface area (Å²) in [5.74, 6) is 0. The molecule has 1 saturated carbocycles. The summed E-state index contributed by atoms with van der Waals surface area (Å²) in [5, 5.41) is 0.833. The number of rotatable bonds is 1. The predicted molar refractivity (Wildman–Crippen MR) is 92.6 cm³/mol. The zero-order valence-electron chi connectivity index (χ0n) is 13.6. The quantitative estimate of drug-likeness (QED) is 0.530. The molecule has 2 aliphatic rings. The first-order valence-corrected chi connectivity index (χ1v) is 8.76. The minimum absolute atomic E-state index is 0.269. The summed E-state index contributed by atoms with van der Waals surface area (Å²) in [7, 11) is 0. The molecule has 21 heavy (non-hydrogen) atoms. The fraction of sp³-hybridized carbons (Fsp3) is 0.600. The van der Waals surface area contributed by atoms with E-state index in [9.17, 15) is 0 Å². The van der Waals surface area contributed by atoms with Gasteiger partial charge in [-0.05, 0) is 66.2 Å². The van der Waals surface area contributed by atoms with Gasteiger partial charge in [-0.3, -0.25) is 0 Å². The van der Waals surface area contributed by atoms with E-state index in [4.69, 9.17) is 11.6 Å². The first-order valence-electron chi connectivity index (χ1n) is 8.38. The third-order valence-corrected chi connectivity index (χ3v) is 5.84. The van der Waals surface area contributed by atoms with Crippen molar-refractivity contribution in [1.29, 1.82) is 0 Å². The van der Waals surface area contributed by atoms with Gasteiger partial charge in [-0.15, -0.1) is 0 Å². The van der Waals surface area contributed by atoms with Crippen molar-refractivity contribution in [3.05, 3.63) is 40.4 Å². The van der Waals surface area contributed by atoms with E-state index in [1.165, 1.54) is 50.5 Å². The van der Waals surface area contributed by atoms with Crippen LogP contribution in [-0.2, 0) is 0 Å². The Bertz CT molecular complexity index is 536. The molecule has 0 unspecified atom stereocenters. The minimum atomic E-state index is 0.269. The zero-order valence-corrected chi connectivity index (χ0v) is 14.4. The van der Waals surface area contributed by atoms with E-state index in [1.54, 1.807) is 11.1 Å². The lowest BCUT2D eigenvalue weighted by molar-refractivity contribution is 0.241. The summed E-state index contributed by atoms with van der Waals surface area (Å²) < 4.78 is 0. The summed E-state index contributed by atoms with van der Waals surface area (Å²) in [4.78, 5) is 0. The highest BCUT2D eigenvalue weighted by atomic mass is 35.5. The molecular formula is C20H27Cl. The third-order valence-electron chi connectivity index (χ3n) is 5.58. The lowest BCUT2D eigenvalue weighted by Gasteiger charge is -2.41. The Labute approximate surface area is 134 Å². The van der Waals surface area contributed by atoms with Gasteiger partial charge in [-0.1, -0.05) is 62.9 Å². The van der Waals surface area contributed by atoms with E-state index >= 15 is 0 Å². The summed E-state index contributed by atoms with van der Waals surface area (Å²) in [6.07, 6.45) is 9.70. The van der Waals surface area contributed by atoms with Crippen LogP contribution in [0.15, 0.2) is 29.8 Å². The number of hydrogen-bond acceptors (Lipinski definition) is 0. The van der Waals surface area contributed by atoms with Gasteiger partial charge in [0.25, 0.3) is 0 Å². The highest BCUT2D eigenvalue weighted by Crippen LogP contribution is 2.55. The van der Waals surface area contributed by atoms with E-state index in [1.807, 2.05) is 12.1 Å². The van der Waals surface area contributed by atoms with E-state index in [0.29, 0.717) is 5.41 Å². The molecule has 0 amide bonds. The molecule has 0 heterocycles. The summed E-state index contributed by atoms with van der Waals surface area (Å²) >= 11 is 6.06. The molecule has 1 fully saturated rings. The second-order valence-electron chi connectivity index (χ2n) is 8.10. The third kappa shape index (κ3) is 3.06. The maximum Gasteiger partial charge on any atom is 0.0406 e. The van der Waals surface area contributed by atoms with Crippen molar-refractivity contribution < 1.29 is 0 Å². The maximum atomic E-state index is 6.06. The second-order valence-corrected chi connectivity index (χ2v) is 8.53. The Morgan fingerprint density at radius 1 is 0.952 bits per heavy atom. The average molecular weight is 303 g/mol. The van der Waals surface area contributed by atoms with Gasteiger partial charge >= 0.3 is 0 Å². The molecule has 0 aromatic heterocycles. The zero-order chi connectivity index (χ0) is 15.1. The van der Waals surface area contributed by atoms with Gasteiger partial charge in [0, 0.05) is 5.02 Å². The Morgan fingerprint density at radius 2 is 1.57 bits per heavy atom. The number of hydrogen-bond donors (Lipinski definition) is 0. The Kier molecular flexibility index (Phi) is 3.94. The van der Waals surface area contributed by atoms with Crippen LogP contribution in [0.5, 0.6) is 0 Å². The molecule has 0 aliphatic heterocycles. The molecule has 0 bridgehead atoms. The first kappa shape index (κ1) is 15.2. The van der Waals surface area contributed by atoms with Crippen LogP contribution in [-0.4, -0.2) is 0 Å². The Hall–Kier alpha value is -0.750. The molecule has 0 N–H and O–H groups in total. The molecule has 0 nitrogen and oxygen atoms in total. The van der Waals surface area contributed by atoms with Gasteiger partial charge in [0.1, 0.15) is 0 Å². The number of halogens is 1. The second kappa shape index (κ2) is 5.47. The van der Waals surface area contributed by atoms with Crippen molar-refractivity contribution in [3.8, 4) is 0 Å². The minimum Gasteiger partial charge on any atom is -0.0843 e. The summed E-state index contributed by atoms with van der Waals surface area (Å²) in [6.45, 7) is 7.14. The van der Waals surface area contributed by atoms with Crippen LogP contribution in [0.1, 0.15) is 71.3 Å². The van der Waals surface area contributed by atoms with Crippen LogP contribution in [0.2, 0.25) is 5.02 Å². The van der Waals surface area contributed by atoms with Crippen LogP contribution in [0.25, 0.3) is 5.57 Å². The van der Waals surface area contributed by atoms with Crippen LogP contribution in [0.3, 0.4) is 0 Å². The molecule has 0 radical (unpaired) electrons. The normalized spacial score (nSPS) is 22.1. The monoisotopic (exact) mass is 302 g/mol. The smallest absolute Gasteiger partial charge is 0.0406 e. The lowest BCUT2D eigenvalue weighted by atomic mass is 9.64. The van der Waals surface area contributed by atoms with Gasteiger partial charge in [0.05, 0.1) is 0 Å². The SMILES string of the molecule is CC(C)(C)C1=C(c2ccc(Cl)cc2)CCC2(CCCC2)C1. The van der Waals surface area contributed by atoms with Gasteiger partial charge in [-0.2, -0.15) is 0 Å². The fourth-order valence-electron chi connectivity index (χ4n) is 4.35. The highest BCUT2D eigenvalue weighted by Gasteiger charge is 2.40. The Balaban J connectivity index is 2.01. The standard InChI is InChI=1S/C20H27Cl/c1-19(2,3)18-14-20(11-4-5-12-20)13-10-17(18)15-6-8-16(21)9-7-15/h6-9H,4-5,10-14H2,1-3H3. The van der Waals surface area contributed by atoms with Crippen LogP contribution < -0.4 is 0 Å². The average Bonchev–Trinajstić information content (AvgIpc) is 2.87. The van der Waals surface area contributed by atoms with Crippen molar-refractivity contribution in [3.63, 3.8) is 0 Å². The Morgan fingerprint density at radius 3 is 2.14 bits per heavy atom.